The number of amides is 1. The molecule has 0 bridgehead atoms. The Labute approximate surface area is 190 Å². The van der Waals surface area contributed by atoms with E-state index < -0.39 is 0 Å². The first-order valence-electron chi connectivity index (χ1n) is 11.5. The van der Waals surface area contributed by atoms with E-state index in [1.807, 2.05) is 26.1 Å². The number of aryl methyl sites for hydroxylation is 3. The SMILES string of the molecule is CCN1CCN(c2ccc(NC(=O)c3cc(C(C)C)nc4c3c(C)nn4C)cc2C)CC1. The van der Waals surface area contributed by atoms with Gasteiger partial charge >= 0.3 is 0 Å². The van der Waals surface area contributed by atoms with Crippen molar-refractivity contribution < 1.29 is 4.79 Å². The van der Waals surface area contributed by atoms with Crippen molar-refractivity contribution in [2.45, 2.75) is 40.5 Å². The summed E-state index contributed by atoms with van der Waals surface area (Å²) in [5.74, 6) is 0.0926. The minimum absolute atomic E-state index is 0.126. The molecule has 0 radical (unpaired) electrons. The van der Waals surface area contributed by atoms with Crippen molar-refractivity contribution >= 4 is 28.3 Å². The summed E-state index contributed by atoms with van der Waals surface area (Å²) in [6.45, 7) is 15.8. The van der Waals surface area contributed by atoms with Crippen LogP contribution >= 0.6 is 0 Å². The van der Waals surface area contributed by atoms with Crippen LogP contribution in [0.15, 0.2) is 24.3 Å². The summed E-state index contributed by atoms with van der Waals surface area (Å²) in [7, 11) is 1.87. The van der Waals surface area contributed by atoms with Crippen LogP contribution in [0.5, 0.6) is 0 Å². The molecule has 1 aliphatic rings. The maximum atomic E-state index is 13.3. The number of piperazine rings is 1. The topological polar surface area (TPSA) is 66.3 Å². The number of nitrogens with zero attached hydrogens (tertiary/aromatic N) is 5. The van der Waals surface area contributed by atoms with Gasteiger partial charge in [-0.2, -0.15) is 5.10 Å². The Bertz CT molecular complexity index is 1140. The number of likely N-dealkylation sites (N-methyl/N-ethyl adjacent to an activating group) is 1. The maximum Gasteiger partial charge on any atom is 0.256 e. The molecule has 0 atom stereocenters. The van der Waals surface area contributed by atoms with Crippen LogP contribution in [0.25, 0.3) is 11.0 Å². The Hall–Kier alpha value is -2.93. The zero-order chi connectivity index (χ0) is 23.0. The monoisotopic (exact) mass is 434 g/mol. The minimum atomic E-state index is -0.126. The molecular formula is C25H34N6O. The molecule has 3 aromatic rings. The molecule has 0 unspecified atom stereocenters. The molecule has 1 aliphatic heterocycles. The maximum absolute atomic E-state index is 13.3. The second-order valence-corrected chi connectivity index (χ2v) is 9.03. The Morgan fingerprint density at radius 3 is 2.47 bits per heavy atom. The third-order valence-corrected chi connectivity index (χ3v) is 6.44. The van der Waals surface area contributed by atoms with Gasteiger partial charge in [-0.1, -0.05) is 20.8 Å². The average molecular weight is 435 g/mol. The van der Waals surface area contributed by atoms with Gasteiger partial charge in [0.15, 0.2) is 5.65 Å². The summed E-state index contributed by atoms with van der Waals surface area (Å²) in [6, 6.07) is 8.11. The van der Waals surface area contributed by atoms with Gasteiger partial charge in [0.1, 0.15) is 0 Å². The van der Waals surface area contributed by atoms with Gasteiger partial charge in [0.05, 0.1) is 16.6 Å². The summed E-state index contributed by atoms with van der Waals surface area (Å²) < 4.78 is 1.75. The van der Waals surface area contributed by atoms with Gasteiger partial charge in [-0.3, -0.25) is 9.48 Å². The highest BCUT2D eigenvalue weighted by atomic mass is 16.1. The predicted molar refractivity (Wildman–Crippen MR) is 131 cm³/mol. The molecule has 2 aromatic heterocycles. The molecule has 1 aromatic carbocycles. The van der Waals surface area contributed by atoms with E-state index in [0.717, 1.165) is 60.8 Å². The summed E-state index contributed by atoms with van der Waals surface area (Å²) >= 11 is 0. The van der Waals surface area contributed by atoms with E-state index in [4.69, 9.17) is 4.98 Å². The quantitative estimate of drug-likeness (QED) is 0.655. The van der Waals surface area contributed by atoms with Gasteiger partial charge in [-0.15, -0.1) is 0 Å². The largest absolute Gasteiger partial charge is 0.369 e. The van der Waals surface area contributed by atoms with Crippen molar-refractivity contribution in [1.82, 2.24) is 19.7 Å². The van der Waals surface area contributed by atoms with Gasteiger partial charge in [-0.25, -0.2) is 4.98 Å². The van der Waals surface area contributed by atoms with Crippen LogP contribution in [0.4, 0.5) is 11.4 Å². The number of rotatable bonds is 5. The number of pyridine rings is 1. The molecule has 0 saturated carbocycles. The summed E-state index contributed by atoms with van der Waals surface area (Å²) in [4.78, 5) is 23.0. The second-order valence-electron chi connectivity index (χ2n) is 9.03. The number of aromatic nitrogens is 3. The fourth-order valence-electron chi connectivity index (χ4n) is 4.53. The molecule has 1 amide bonds. The van der Waals surface area contributed by atoms with E-state index in [9.17, 15) is 4.79 Å². The lowest BCUT2D eigenvalue weighted by atomic mass is 10.0. The van der Waals surface area contributed by atoms with Gasteiger partial charge in [0, 0.05) is 50.3 Å². The zero-order valence-electron chi connectivity index (χ0n) is 20.1. The molecule has 1 fully saturated rings. The average Bonchev–Trinajstić information content (AvgIpc) is 3.07. The number of hydrogen-bond donors (Lipinski definition) is 1. The molecule has 1 N–H and O–H groups in total. The van der Waals surface area contributed by atoms with E-state index in [2.05, 4.69) is 60.0 Å². The molecule has 3 heterocycles. The highest BCUT2D eigenvalue weighted by Gasteiger charge is 2.21. The van der Waals surface area contributed by atoms with Crippen LogP contribution in [-0.4, -0.2) is 58.3 Å². The number of hydrogen-bond acceptors (Lipinski definition) is 5. The third-order valence-electron chi connectivity index (χ3n) is 6.44. The van der Waals surface area contributed by atoms with Crippen LogP contribution in [0, 0.1) is 13.8 Å². The fraction of sp³-hybridized carbons (Fsp3) is 0.480. The number of anilines is 2. The number of fused-ring (bicyclic) bond motifs is 1. The Morgan fingerprint density at radius 2 is 1.84 bits per heavy atom. The van der Waals surface area contributed by atoms with Crippen molar-refractivity contribution in [3.63, 3.8) is 0 Å². The minimum Gasteiger partial charge on any atom is -0.369 e. The Morgan fingerprint density at radius 1 is 1.12 bits per heavy atom. The third kappa shape index (κ3) is 4.21. The highest BCUT2D eigenvalue weighted by molar-refractivity contribution is 6.12. The van der Waals surface area contributed by atoms with Crippen molar-refractivity contribution in [3.8, 4) is 0 Å². The molecule has 7 nitrogen and oxygen atoms in total. The first-order valence-corrected chi connectivity index (χ1v) is 11.5. The number of carbonyl (C=O) groups is 1. The van der Waals surface area contributed by atoms with Crippen LogP contribution in [-0.2, 0) is 7.05 Å². The molecular weight excluding hydrogens is 400 g/mol. The molecule has 32 heavy (non-hydrogen) atoms. The predicted octanol–water partition coefficient (Wildman–Crippen LogP) is 4.10. The van der Waals surface area contributed by atoms with E-state index in [-0.39, 0.29) is 11.8 Å². The smallest absolute Gasteiger partial charge is 0.256 e. The number of nitrogens with one attached hydrogen (secondary N) is 1. The van der Waals surface area contributed by atoms with Crippen LogP contribution in [0.2, 0.25) is 0 Å². The first kappa shape index (κ1) is 22.3. The van der Waals surface area contributed by atoms with Crippen LogP contribution < -0.4 is 10.2 Å². The number of carbonyl (C=O) groups excluding carboxylic acids is 1. The van der Waals surface area contributed by atoms with Gasteiger partial charge in [-0.05, 0) is 56.1 Å². The summed E-state index contributed by atoms with van der Waals surface area (Å²) in [5.41, 5.74) is 6.30. The molecule has 0 spiro atoms. The fourth-order valence-corrected chi connectivity index (χ4v) is 4.53. The van der Waals surface area contributed by atoms with Gasteiger partial charge < -0.3 is 15.1 Å². The van der Waals surface area contributed by atoms with Crippen molar-refractivity contribution in [2.24, 2.45) is 7.05 Å². The van der Waals surface area contributed by atoms with Gasteiger partial charge in [0.2, 0.25) is 0 Å². The van der Waals surface area contributed by atoms with E-state index in [1.165, 1.54) is 11.3 Å². The lowest BCUT2D eigenvalue weighted by Gasteiger charge is -2.36. The summed E-state index contributed by atoms with van der Waals surface area (Å²) in [6.07, 6.45) is 0. The van der Waals surface area contributed by atoms with Crippen molar-refractivity contribution in [1.29, 1.82) is 0 Å². The highest BCUT2D eigenvalue weighted by Crippen LogP contribution is 2.28. The van der Waals surface area contributed by atoms with Crippen LogP contribution in [0.3, 0.4) is 0 Å². The first-order chi connectivity index (χ1) is 15.3. The molecule has 1 saturated heterocycles. The lowest BCUT2D eigenvalue weighted by molar-refractivity contribution is 0.102. The molecule has 0 aliphatic carbocycles. The Kier molecular flexibility index (Phi) is 6.20. The standard InChI is InChI=1S/C25H34N6O/c1-7-30-10-12-31(13-11-30)22-9-8-19(14-17(22)4)26-25(32)20-15-21(16(2)3)27-24-23(20)18(5)28-29(24)6/h8-9,14-16H,7,10-13H2,1-6H3,(H,26,32). The molecule has 4 rings (SSSR count). The molecule has 170 valence electrons. The second kappa shape index (κ2) is 8.90. The van der Waals surface area contributed by atoms with Gasteiger partial charge in [0.25, 0.3) is 5.91 Å². The van der Waals surface area contributed by atoms with E-state index in [0.29, 0.717) is 5.56 Å². The lowest BCUT2D eigenvalue weighted by Crippen LogP contribution is -2.46. The normalized spacial score (nSPS) is 15.0. The van der Waals surface area contributed by atoms with E-state index in [1.54, 1.807) is 4.68 Å². The van der Waals surface area contributed by atoms with E-state index >= 15 is 0 Å². The number of benzene rings is 1. The van der Waals surface area contributed by atoms with Crippen molar-refractivity contribution in [2.75, 3.05) is 42.9 Å². The Balaban J connectivity index is 1.59. The van der Waals surface area contributed by atoms with Crippen molar-refractivity contribution in [3.05, 3.63) is 46.8 Å². The molecule has 7 heteroatoms. The zero-order valence-corrected chi connectivity index (χ0v) is 20.1. The van der Waals surface area contributed by atoms with Crippen LogP contribution in [0.1, 0.15) is 54.0 Å². The summed E-state index contributed by atoms with van der Waals surface area (Å²) in [5, 5.41) is 8.42.